The Morgan fingerprint density at radius 2 is 2.15 bits per heavy atom. The summed E-state index contributed by atoms with van der Waals surface area (Å²) in [5, 5.41) is 10.8. The summed E-state index contributed by atoms with van der Waals surface area (Å²) in [5.41, 5.74) is 1.49. The Morgan fingerprint density at radius 3 is 2.95 bits per heavy atom. The normalized spacial score (nSPS) is 23.0. The summed E-state index contributed by atoms with van der Waals surface area (Å²) in [4.78, 5) is 18.7. The van der Waals surface area contributed by atoms with Crippen molar-refractivity contribution in [2.45, 2.75) is 19.4 Å². The molecule has 2 heterocycles. The Kier molecular flexibility index (Phi) is 3.40. The molecule has 4 nitrogen and oxygen atoms in total. The maximum Gasteiger partial charge on any atom is 0.254 e. The fourth-order valence-corrected chi connectivity index (χ4v) is 2.69. The van der Waals surface area contributed by atoms with Crippen LogP contribution in [-0.2, 0) is 0 Å². The number of aliphatic hydroxyl groups is 1. The Balaban J connectivity index is 1.93. The van der Waals surface area contributed by atoms with Crippen LogP contribution in [0.2, 0.25) is 0 Å². The molecule has 2 atom stereocenters. The second kappa shape index (κ2) is 5.21. The number of benzene rings is 1. The SMILES string of the molecule is CC1CCN(C(=O)c2ccnc3ccccc23)CC1O. The van der Waals surface area contributed by atoms with Crippen LogP contribution in [0, 0.1) is 5.92 Å². The second-order valence-corrected chi connectivity index (χ2v) is 5.46. The number of hydrogen-bond donors (Lipinski definition) is 1. The third kappa shape index (κ3) is 2.27. The first kappa shape index (κ1) is 13.1. The molecule has 104 valence electrons. The maximum atomic E-state index is 12.7. The highest BCUT2D eigenvalue weighted by Gasteiger charge is 2.28. The zero-order valence-electron chi connectivity index (χ0n) is 11.5. The van der Waals surface area contributed by atoms with Crippen molar-refractivity contribution in [3.8, 4) is 0 Å². The van der Waals surface area contributed by atoms with Gasteiger partial charge in [-0.2, -0.15) is 0 Å². The zero-order valence-corrected chi connectivity index (χ0v) is 11.5. The molecule has 0 radical (unpaired) electrons. The first-order valence-corrected chi connectivity index (χ1v) is 6.98. The highest BCUT2D eigenvalue weighted by molar-refractivity contribution is 6.06. The Morgan fingerprint density at radius 1 is 1.35 bits per heavy atom. The van der Waals surface area contributed by atoms with Crippen molar-refractivity contribution in [2.75, 3.05) is 13.1 Å². The van der Waals surface area contributed by atoms with Gasteiger partial charge in [-0.3, -0.25) is 9.78 Å². The minimum Gasteiger partial charge on any atom is -0.391 e. The Bertz CT molecular complexity index is 636. The smallest absolute Gasteiger partial charge is 0.254 e. The van der Waals surface area contributed by atoms with Crippen LogP contribution in [0.5, 0.6) is 0 Å². The lowest BCUT2D eigenvalue weighted by Crippen LogP contribution is -2.45. The lowest BCUT2D eigenvalue weighted by Gasteiger charge is -2.34. The van der Waals surface area contributed by atoms with E-state index in [0.29, 0.717) is 18.7 Å². The molecule has 4 heteroatoms. The molecule has 2 aromatic rings. The van der Waals surface area contributed by atoms with E-state index in [1.165, 1.54) is 0 Å². The molecule has 3 rings (SSSR count). The number of pyridine rings is 1. The van der Waals surface area contributed by atoms with E-state index in [2.05, 4.69) is 4.98 Å². The van der Waals surface area contributed by atoms with E-state index in [9.17, 15) is 9.90 Å². The first-order chi connectivity index (χ1) is 9.66. The summed E-state index contributed by atoms with van der Waals surface area (Å²) in [5.74, 6) is 0.239. The predicted octanol–water partition coefficient (Wildman–Crippen LogP) is 2.08. The molecule has 0 bridgehead atoms. The van der Waals surface area contributed by atoms with Gasteiger partial charge in [0.1, 0.15) is 0 Å². The fourth-order valence-electron chi connectivity index (χ4n) is 2.69. The number of rotatable bonds is 1. The molecule has 1 saturated heterocycles. The summed E-state index contributed by atoms with van der Waals surface area (Å²) >= 11 is 0. The number of piperidine rings is 1. The molecular weight excluding hydrogens is 252 g/mol. The lowest BCUT2D eigenvalue weighted by atomic mass is 9.95. The molecule has 1 aromatic heterocycles. The molecule has 20 heavy (non-hydrogen) atoms. The van der Waals surface area contributed by atoms with Crippen molar-refractivity contribution >= 4 is 16.8 Å². The molecule has 1 aliphatic heterocycles. The van der Waals surface area contributed by atoms with Gasteiger partial charge in [0, 0.05) is 24.7 Å². The van der Waals surface area contributed by atoms with Gasteiger partial charge in [-0.25, -0.2) is 0 Å². The van der Waals surface area contributed by atoms with Gasteiger partial charge in [0.05, 0.1) is 17.2 Å². The van der Waals surface area contributed by atoms with E-state index in [1.807, 2.05) is 31.2 Å². The highest BCUT2D eigenvalue weighted by Crippen LogP contribution is 2.22. The van der Waals surface area contributed by atoms with Gasteiger partial charge in [-0.1, -0.05) is 25.1 Å². The van der Waals surface area contributed by atoms with Crippen molar-refractivity contribution in [3.05, 3.63) is 42.1 Å². The predicted molar refractivity (Wildman–Crippen MR) is 77.4 cm³/mol. The van der Waals surface area contributed by atoms with Crippen LogP contribution in [0.1, 0.15) is 23.7 Å². The highest BCUT2D eigenvalue weighted by atomic mass is 16.3. The van der Waals surface area contributed by atoms with E-state index in [1.54, 1.807) is 17.2 Å². The molecule has 1 N–H and O–H groups in total. The average Bonchev–Trinajstić information content (AvgIpc) is 2.49. The van der Waals surface area contributed by atoms with Crippen LogP contribution < -0.4 is 0 Å². The van der Waals surface area contributed by atoms with Crippen molar-refractivity contribution in [1.29, 1.82) is 0 Å². The molecule has 0 spiro atoms. The Hall–Kier alpha value is -1.94. The molecular formula is C16H18N2O2. The summed E-state index contributed by atoms with van der Waals surface area (Å²) in [6, 6.07) is 9.40. The number of hydrogen-bond acceptors (Lipinski definition) is 3. The van der Waals surface area contributed by atoms with Crippen LogP contribution in [0.4, 0.5) is 0 Å². The summed E-state index contributed by atoms with van der Waals surface area (Å²) in [6.07, 6.45) is 2.08. The van der Waals surface area contributed by atoms with Gasteiger partial charge in [-0.05, 0) is 24.5 Å². The first-order valence-electron chi connectivity index (χ1n) is 6.98. The molecule has 1 aromatic carbocycles. The van der Waals surface area contributed by atoms with E-state index in [0.717, 1.165) is 17.3 Å². The molecule has 2 unspecified atom stereocenters. The quantitative estimate of drug-likeness (QED) is 0.863. The lowest BCUT2D eigenvalue weighted by molar-refractivity contribution is 0.0250. The van der Waals surface area contributed by atoms with Crippen LogP contribution in [0.25, 0.3) is 10.9 Å². The third-order valence-electron chi connectivity index (χ3n) is 4.09. The molecule has 1 aliphatic rings. The number of carbonyl (C=O) groups excluding carboxylic acids is 1. The Labute approximate surface area is 118 Å². The number of aromatic nitrogens is 1. The standard InChI is InChI=1S/C16H18N2O2/c1-11-7-9-18(10-15(11)19)16(20)13-6-8-17-14-5-3-2-4-12(13)14/h2-6,8,11,15,19H,7,9-10H2,1H3. The monoisotopic (exact) mass is 270 g/mol. The summed E-state index contributed by atoms with van der Waals surface area (Å²) in [7, 11) is 0. The number of amides is 1. The molecule has 1 fully saturated rings. The number of likely N-dealkylation sites (tertiary alicyclic amines) is 1. The van der Waals surface area contributed by atoms with Crippen molar-refractivity contribution in [2.24, 2.45) is 5.92 Å². The van der Waals surface area contributed by atoms with Gasteiger partial charge in [0.15, 0.2) is 0 Å². The molecule has 1 amide bonds. The summed E-state index contributed by atoms with van der Waals surface area (Å²) < 4.78 is 0. The van der Waals surface area contributed by atoms with E-state index in [-0.39, 0.29) is 11.8 Å². The van der Waals surface area contributed by atoms with Crippen LogP contribution in [-0.4, -0.2) is 40.1 Å². The van der Waals surface area contributed by atoms with Gasteiger partial charge in [0.25, 0.3) is 5.91 Å². The van der Waals surface area contributed by atoms with Crippen LogP contribution in [0.3, 0.4) is 0 Å². The second-order valence-electron chi connectivity index (χ2n) is 5.46. The molecule has 0 aliphatic carbocycles. The topological polar surface area (TPSA) is 53.4 Å². The van der Waals surface area contributed by atoms with Crippen molar-refractivity contribution in [1.82, 2.24) is 9.88 Å². The number of para-hydroxylation sites is 1. The summed E-state index contributed by atoms with van der Waals surface area (Å²) in [6.45, 7) is 3.14. The van der Waals surface area contributed by atoms with E-state index >= 15 is 0 Å². The van der Waals surface area contributed by atoms with E-state index in [4.69, 9.17) is 0 Å². The number of β-amino-alcohol motifs (C(OH)–C–C–N with tert-alkyl or cyclic N) is 1. The van der Waals surface area contributed by atoms with Crippen LogP contribution >= 0.6 is 0 Å². The zero-order chi connectivity index (χ0) is 14.1. The average molecular weight is 270 g/mol. The van der Waals surface area contributed by atoms with Crippen molar-refractivity contribution in [3.63, 3.8) is 0 Å². The third-order valence-corrected chi connectivity index (χ3v) is 4.09. The minimum atomic E-state index is -0.430. The number of nitrogens with zero attached hydrogens (tertiary/aromatic N) is 2. The largest absolute Gasteiger partial charge is 0.391 e. The van der Waals surface area contributed by atoms with E-state index < -0.39 is 6.10 Å². The van der Waals surface area contributed by atoms with Gasteiger partial charge in [0.2, 0.25) is 0 Å². The van der Waals surface area contributed by atoms with Crippen LogP contribution in [0.15, 0.2) is 36.5 Å². The van der Waals surface area contributed by atoms with Crippen molar-refractivity contribution < 1.29 is 9.90 Å². The number of aliphatic hydroxyl groups excluding tert-OH is 1. The number of carbonyl (C=O) groups is 1. The van der Waals surface area contributed by atoms with Gasteiger partial charge >= 0.3 is 0 Å². The fraction of sp³-hybridized carbons (Fsp3) is 0.375. The molecule has 0 saturated carbocycles. The minimum absolute atomic E-state index is 0.0189. The van der Waals surface area contributed by atoms with Gasteiger partial charge < -0.3 is 10.0 Å². The number of fused-ring (bicyclic) bond motifs is 1. The van der Waals surface area contributed by atoms with Gasteiger partial charge in [-0.15, -0.1) is 0 Å². The maximum absolute atomic E-state index is 12.7.